The highest BCUT2D eigenvalue weighted by Crippen LogP contribution is 2.38. The summed E-state index contributed by atoms with van der Waals surface area (Å²) in [4.78, 5) is 12.6. The van der Waals surface area contributed by atoms with Crippen molar-refractivity contribution in [1.29, 1.82) is 0 Å². The third-order valence-corrected chi connectivity index (χ3v) is 4.50. The van der Waals surface area contributed by atoms with E-state index in [4.69, 9.17) is 14.2 Å². The van der Waals surface area contributed by atoms with Crippen LogP contribution in [0.1, 0.15) is 15.9 Å². The van der Waals surface area contributed by atoms with Gasteiger partial charge in [-0.2, -0.15) is 0 Å². The van der Waals surface area contributed by atoms with Crippen molar-refractivity contribution in [2.24, 2.45) is 0 Å². The quantitative estimate of drug-likeness (QED) is 0.699. The van der Waals surface area contributed by atoms with Crippen LogP contribution in [0.25, 0.3) is 0 Å². The highest BCUT2D eigenvalue weighted by atomic mass is 79.9. The molecule has 0 unspecified atom stereocenters. The second-order valence-corrected chi connectivity index (χ2v) is 6.72. The van der Waals surface area contributed by atoms with E-state index in [1.54, 1.807) is 12.1 Å². The normalized spacial score (nSPS) is 10.2. The number of amides is 1. The summed E-state index contributed by atoms with van der Waals surface area (Å²) in [5.41, 5.74) is 2.03. The zero-order valence-electron chi connectivity index (χ0n) is 13.7. The number of methoxy groups -OCH3 is 3. The SMILES string of the molecule is COc1cc(C(=O)Nc2c(C)cc(Br)cc2Br)cc(OC)c1OC. The second-order valence-electron chi connectivity index (χ2n) is 4.95. The number of carbonyl (C=O) groups excluding carboxylic acids is 1. The summed E-state index contributed by atoms with van der Waals surface area (Å²) in [6.07, 6.45) is 0. The van der Waals surface area contributed by atoms with Crippen molar-refractivity contribution in [1.82, 2.24) is 0 Å². The van der Waals surface area contributed by atoms with E-state index < -0.39 is 0 Å². The van der Waals surface area contributed by atoms with Gasteiger partial charge in [0.15, 0.2) is 11.5 Å². The molecule has 0 aliphatic heterocycles. The minimum atomic E-state index is -0.277. The van der Waals surface area contributed by atoms with E-state index in [-0.39, 0.29) is 5.91 Å². The summed E-state index contributed by atoms with van der Waals surface area (Å²) in [7, 11) is 4.53. The van der Waals surface area contributed by atoms with Crippen LogP contribution in [0.3, 0.4) is 0 Å². The summed E-state index contributed by atoms with van der Waals surface area (Å²) in [5.74, 6) is 1.01. The Kier molecular flexibility index (Phi) is 6.12. The van der Waals surface area contributed by atoms with Gasteiger partial charge in [-0.15, -0.1) is 0 Å². The van der Waals surface area contributed by atoms with Gasteiger partial charge in [0.25, 0.3) is 5.91 Å². The van der Waals surface area contributed by atoms with Crippen LogP contribution >= 0.6 is 31.9 Å². The molecule has 0 bridgehead atoms. The van der Waals surface area contributed by atoms with Gasteiger partial charge in [-0.05, 0) is 52.7 Å². The fourth-order valence-electron chi connectivity index (χ4n) is 2.26. The number of ether oxygens (including phenoxy) is 3. The summed E-state index contributed by atoms with van der Waals surface area (Å²) in [6.45, 7) is 1.92. The van der Waals surface area contributed by atoms with Gasteiger partial charge in [0.2, 0.25) is 5.75 Å². The maximum absolute atomic E-state index is 12.6. The Morgan fingerprint density at radius 3 is 2.00 bits per heavy atom. The van der Waals surface area contributed by atoms with Gasteiger partial charge in [0, 0.05) is 14.5 Å². The van der Waals surface area contributed by atoms with Crippen LogP contribution in [0.2, 0.25) is 0 Å². The summed E-state index contributed by atoms with van der Waals surface area (Å²) < 4.78 is 17.5. The number of nitrogens with one attached hydrogen (secondary N) is 1. The monoisotopic (exact) mass is 457 g/mol. The van der Waals surface area contributed by atoms with Gasteiger partial charge in [-0.3, -0.25) is 4.79 Å². The lowest BCUT2D eigenvalue weighted by Crippen LogP contribution is -2.14. The van der Waals surface area contributed by atoms with Crippen molar-refractivity contribution >= 4 is 43.5 Å². The third-order valence-electron chi connectivity index (χ3n) is 3.42. The first kappa shape index (κ1) is 18.6. The highest BCUT2D eigenvalue weighted by molar-refractivity contribution is 9.11. The fraction of sp³-hybridized carbons (Fsp3) is 0.235. The Bertz CT molecular complexity index is 729. The molecule has 0 saturated carbocycles. The summed E-state index contributed by atoms with van der Waals surface area (Å²) >= 11 is 6.89. The number of aryl methyl sites for hydroxylation is 1. The Hall–Kier alpha value is -1.73. The molecule has 0 aliphatic rings. The predicted molar refractivity (Wildman–Crippen MR) is 101 cm³/mol. The molecule has 0 atom stereocenters. The average molecular weight is 459 g/mol. The molecule has 0 aliphatic carbocycles. The van der Waals surface area contributed by atoms with E-state index in [0.29, 0.717) is 28.5 Å². The van der Waals surface area contributed by atoms with Crippen molar-refractivity contribution in [3.63, 3.8) is 0 Å². The Morgan fingerprint density at radius 1 is 0.958 bits per heavy atom. The molecule has 2 aromatic rings. The first-order valence-electron chi connectivity index (χ1n) is 6.98. The fourth-order valence-corrected chi connectivity index (χ4v) is 3.80. The molecule has 1 N–H and O–H groups in total. The molecule has 24 heavy (non-hydrogen) atoms. The van der Waals surface area contributed by atoms with Gasteiger partial charge >= 0.3 is 0 Å². The van der Waals surface area contributed by atoms with Crippen LogP contribution in [-0.2, 0) is 0 Å². The Labute approximate surface area is 157 Å². The largest absolute Gasteiger partial charge is 0.493 e. The molecule has 0 radical (unpaired) electrons. The van der Waals surface area contributed by atoms with Crippen molar-refractivity contribution in [3.05, 3.63) is 44.3 Å². The molecule has 7 heteroatoms. The molecule has 0 aromatic heterocycles. The van der Waals surface area contributed by atoms with E-state index in [2.05, 4.69) is 37.2 Å². The number of anilines is 1. The van der Waals surface area contributed by atoms with Crippen molar-refractivity contribution < 1.29 is 19.0 Å². The lowest BCUT2D eigenvalue weighted by atomic mass is 10.1. The molecule has 0 fully saturated rings. The Morgan fingerprint density at radius 2 is 1.54 bits per heavy atom. The van der Waals surface area contributed by atoms with Crippen molar-refractivity contribution in [2.75, 3.05) is 26.6 Å². The van der Waals surface area contributed by atoms with Gasteiger partial charge in [-0.25, -0.2) is 0 Å². The molecule has 128 valence electrons. The number of carbonyl (C=O) groups is 1. The number of rotatable bonds is 5. The van der Waals surface area contributed by atoms with Crippen LogP contribution in [-0.4, -0.2) is 27.2 Å². The van der Waals surface area contributed by atoms with E-state index in [1.165, 1.54) is 21.3 Å². The predicted octanol–water partition coefficient (Wildman–Crippen LogP) is 4.80. The van der Waals surface area contributed by atoms with Crippen LogP contribution in [0.4, 0.5) is 5.69 Å². The zero-order chi connectivity index (χ0) is 17.9. The maximum Gasteiger partial charge on any atom is 0.255 e. The first-order chi connectivity index (χ1) is 11.4. The van der Waals surface area contributed by atoms with Crippen LogP contribution in [0.15, 0.2) is 33.2 Å². The molecule has 5 nitrogen and oxygen atoms in total. The smallest absolute Gasteiger partial charge is 0.255 e. The third kappa shape index (κ3) is 3.84. The van der Waals surface area contributed by atoms with E-state index in [0.717, 1.165) is 14.5 Å². The minimum Gasteiger partial charge on any atom is -0.493 e. The molecule has 0 heterocycles. The maximum atomic E-state index is 12.6. The molecule has 1 amide bonds. The summed E-state index contributed by atoms with van der Waals surface area (Å²) in [6, 6.07) is 7.02. The van der Waals surface area contributed by atoms with Crippen LogP contribution in [0.5, 0.6) is 17.2 Å². The second kappa shape index (κ2) is 7.90. The molecular weight excluding hydrogens is 442 g/mol. The van der Waals surface area contributed by atoms with E-state index in [1.807, 2.05) is 19.1 Å². The van der Waals surface area contributed by atoms with Gasteiger partial charge in [-0.1, -0.05) is 15.9 Å². The number of hydrogen-bond acceptors (Lipinski definition) is 4. The lowest BCUT2D eigenvalue weighted by molar-refractivity contribution is 0.102. The van der Waals surface area contributed by atoms with Crippen molar-refractivity contribution in [2.45, 2.75) is 6.92 Å². The average Bonchev–Trinajstić information content (AvgIpc) is 2.56. The van der Waals surface area contributed by atoms with Gasteiger partial charge < -0.3 is 19.5 Å². The summed E-state index contributed by atoms with van der Waals surface area (Å²) in [5, 5.41) is 2.90. The topological polar surface area (TPSA) is 56.8 Å². The number of halogens is 2. The molecule has 2 rings (SSSR count). The van der Waals surface area contributed by atoms with Crippen LogP contribution < -0.4 is 19.5 Å². The number of hydrogen-bond donors (Lipinski definition) is 1. The Balaban J connectivity index is 2.40. The minimum absolute atomic E-state index is 0.277. The molecule has 2 aromatic carbocycles. The van der Waals surface area contributed by atoms with Crippen molar-refractivity contribution in [3.8, 4) is 17.2 Å². The van der Waals surface area contributed by atoms with Crippen LogP contribution in [0, 0.1) is 6.92 Å². The standard InChI is InChI=1S/C17H17Br2NO4/c1-9-5-11(18)8-12(19)15(9)20-17(21)10-6-13(22-2)16(24-4)14(7-10)23-3/h5-8H,1-4H3,(H,20,21). The zero-order valence-corrected chi connectivity index (χ0v) is 16.9. The molecular formula is C17H17Br2NO4. The van der Waals surface area contributed by atoms with Gasteiger partial charge in [0.05, 0.1) is 27.0 Å². The van der Waals surface area contributed by atoms with Gasteiger partial charge in [0.1, 0.15) is 0 Å². The molecule has 0 spiro atoms. The first-order valence-corrected chi connectivity index (χ1v) is 8.56. The molecule has 0 saturated heterocycles. The van der Waals surface area contributed by atoms with E-state index in [9.17, 15) is 4.79 Å². The lowest BCUT2D eigenvalue weighted by Gasteiger charge is -2.15. The number of benzene rings is 2. The highest BCUT2D eigenvalue weighted by Gasteiger charge is 2.18. The van der Waals surface area contributed by atoms with E-state index >= 15 is 0 Å².